The van der Waals surface area contributed by atoms with Gasteiger partial charge in [0.15, 0.2) is 4.75 Å². The SMILES string of the molecule is C[C@H]([NH+]=C1NC(=O)C(C)(c2ccncc2)S1)c1cccs1. The van der Waals surface area contributed by atoms with E-state index in [0.29, 0.717) is 0 Å². The zero-order valence-electron chi connectivity index (χ0n) is 11.8. The van der Waals surface area contributed by atoms with Gasteiger partial charge < -0.3 is 0 Å². The standard InChI is InChI=1S/C15H15N3OS2/c1-10(12-4-3-9-20-12)17-14-18-13(19)15(2,21-14)11-5-7-16-8-6-11/h3-10H,1-2H3,(H,17,18,19)/p+1/t10-,15?/m0/s1. The summed E-state index contributed by atoms with van der Waals surface area (Å²) in [5.41, 5.74) is 0.959. The van der Waals surface area contributed by atoms with Gasteiger partial charge in [-0.15, -0.1) is 11.3 Å². The van der Waals surface area contributed by atoms with Crippen LogP contribution in [0.1, 0.15) is 30.3 Å². The van der Waals surface area contributed by atoms with Crippen molar-refractivity contribution in [2.75, 3.05) is 0 Å². The molecule has 3 heterocycles. The monoisotopic (exact) mass is 318 g/mol. The summed E-state index contributed by atoms with van der Waals surface area (Å²) in [5, 5.41) is 5.81. The number of thioether (sulfide) groups is 1. The van der Waals surface area contributed by atoms with E-state index in [-0.39, 0.29) is 11.9 Å². The topological polar surface area (TPSA) is 56.0 Å². The zero-order chi connectivity index (χ0) is 14.9. The van der Waals surface area contributed by atoms with Crippen LogP contribution in [-0.4, -0.2) is 16.1 Å². The third-order valence-corrected chi connectivity index (χ3v) is 5.82. The first-order valence-corrected chi connectivity index (χ1v) is 8.37. The Balaban J connectivity index is 1.85. The molecule has 3 rings (SSSR count). The van der Waals surface area contributed by atoms with Crippen molar-refractivity contribution in [3.63, 3.8) is 0 Å². The highest BCUT2D eigenvalue weighted by Gasteiger charge is 2.49. The molecule has 0 saturated carbocycles. The highest BCUT2D eigenvalue weighted by atomic mass is 32.2. The Labute approximate surface area is 131 Å². The summed E-state index contributed by atoms with van der Waals surface area (Å²) in [6, 6.07) is 8.07. The molecule has 1 aliphatic heterocycles. The Morgan fingerprint density at radius 2 is 2.10 bits per heavy atom. The first-order valence-electron chi connectivity index (χ1n) is 6.67. The van der Waals surface area contributed by atoms with E-state index in [0.717, 1.165) is 10.7 Å². The van der Waals surface area contributed by atoms with Crippen LogP contribution in [0.4, 0.5) is 0 Å². The molecular weight excluding hydrogens is 302 g/mol. The summed E-state index contributed by atoms with van der Waals surface area (Å²) in [5.74, 6) is -0.000389. The van der Waals surface area contributed by atoms with Gasteiger partial charge in [-0.1, -0.05) is 6.07 Å². The molecule has 1 unspecified atom stereocenters. The van der Waals surface area contributed by atoms with E-state index < -0.39 is 4.75 Å². The highest BCUT2D eigenvalue weighted by molar-refractivity contribution is 8.15. The predicted molar refractivity (Wildman–Crippen MR) is 86.0 cm³/mol. The molecule has 0 bridgehead atoms. The van der Waals surface area contributed by atoms with Gasteiger partial charge in [-0.05, 0) is 54.8 Å². The molecule has 1 saturated heterocycles. The van der Waals surface area contributed by atoms with Gasteiger partial charge in [-0.2, -0.15) is 0 Å². The summed E-state index contributed by atoms with van der Waals surface area (Å²) >= 11 is 3.23. The third-order valence-electron chi connectivity index (χ3n) is 3.52. The number of nitrogens with zero attached hydrogens (tertiary/aromatic N) is 1. The number of carbonyl (C=O) groups excluding carboxylic acids is 1. The fraction of sp³-hybridized carbons (Fsp3) is 0.267. The highest BCUT2D eigenvalue weighted by Crippen LogP contribution is 2.39. The van der Waals surface area contributed by atoms with Crippen LogP contribution >= 0.6 is 23.1 Å². The molecule has 2 atom stereocenters. The van der Waals surface area contributed by atoms with Crippen LogP contribution < -0.4 is 10.3 Å². The maximum absolute atomic E-state index is 12.4. The van der Waals surface area contributed by atoms with Crippen LogP contribution in [0.5, 0.6) is 0 Å². The number of aromatic nitrogens is 1. The van der Waals surface area contributed by atoms with E-state index in [9.17, 15) is 4.79 Å². The van der Waals surface area contributed by atoms with Gasteiger partial charge in [0, 0.05) is 17.3 Å². The van der Waals surface area contributed by atoms with Crippen molar-refractivity contribution in [1.82, 2.24) is 10.3 Å². The first-order chi connectivity index (χ1) is 10.1. The minimum Gasteiger partial charge on any atom is -0.265 e. The normalized spacial score (nSPS) is 25.0. The lowest BCUT2D eigenvalue weighted by atomic mass is 10.0. The molecule has 0 radical (unpaired) electrons. The van der Waals surface area contributed by atoms with Crippen LogP contribution in [0.15, 0.2) is 42.0 Å². The van der Waals surface area contributed by atoms with Gasteiger partial charge in [0.2, 0.25) is 0 Å². The average Bonchev–Trinajstić information content (AvgIpc) is 3.10. The van der Waals surface area contributed by atoms with E-state index in [2.05, 4.69) is 33.7 Å². The maximum atomic E-state index is 12.4. The molecule has 4 nitrogen and oxygen atoms in total. The summed E-state index contributed by atoms with van der Waals surface area (Å²) in [7, 11) is 0. The van der Waals surface area contributed by atoms with Crippen LogP contribution in [0, 0.1) is 0 Å². The number of pyridine rings is 1. The fourth-order valence-electron chi connectivity index (χ4n) is 2.23. The van der Waals surface area contributed by atoms with E-state index >= 15 is 0 Å². The quantitative estimate of drug-likeness (QED) is 0.900. The largest absolute Gasteiger partial charge is 0.328 e. The second kappa shape index (κ2) is 5.61. The van der Waals surface area contributed by atoms with Gasteiger partial charge in [0.1, 0.15) is 6.04 Å². The van der Waals surface area contributed by atoms with Gasteiger partial charge in [0.05, 0.1) is 0 Å². The summed E-state index contributed by atoms with van der Waals surface area (Å²) in [6.07, 6.45) is 3.43. The fourth-order valence-corrected chi connectivity index (χ4v) is 4.15. The van der Waals surface area contributed by atoms with E-state index in [1.165, 1.54) is 16.6 Å². The number of hydrogen-bond acceptors (Lipinski definition) is 4. The molecule has 2 aromatic rings. The number of amidine groups is 1. The number of carbonyl (C=O) groups is 1. The lowest BCUT2D eigenvalue weighted by Crippen LogP contribution is -2.75. The van der Waals surface area contributed by atoms with Crippen LogP contribution in [0.25, 0.3) is 0 Å². The predicted octanol–water partition coefficient (Wildman–Crippen LogP) is 1.42. The average molecular weight is 318 g/mol. The molecule has 0 aliphatic carbocycles. The van der Waals surface area contributed by atoms with Crippen molar-refractivity contribution < 1.29 is 9.79 Å². The molecule has 0 spiro atoms. The van der Waals surface area contributed by atoms with E-state index in [1.807, 2.05) is 25.1 Å². The summed E-state index contributed by atoms with van der Waals surface area (Å²) in [6.45, 7) is 4.03. The molecule has 6 heteroatoms. The van der Waals surface area contributed by atoms with Crippen molar-refractivity contribution in [1.29, 1.82) is 0 Å². The number of amides is 1. The molecule has 1 amide bonds. The second-order valence-electron chi connectivity index (χ2n) is 5.04. The molecule has 21 heavy (non-hydrogen) atoms. The Morgan fingerprint density at radius 3 is 2.76 bits per heavy atom. The lowest BCUT2D eigenvalue weighted by Gasteiger charge is -2.15. The summed E-state index contributed by atoms with van der Waals surface area (Å²) < 4.78 is -0.611. The van der Waals surface area contributed by atoms with Crippen molar-refractivity contribution >= 4 is 34.2 Å². The van der Waals surface area contributed by atoms with E-state index in [4.69, 9.17) is 0 Å². The number of nitrogens with one attached hydrogen (secondary N) is 2. The van der Waals surface area contributed by atoms with Crippen molar-refractivity contribution in [2.45, 2.75) is 24.6 Å². The number of rotatable bonds is 3. The minimum absolute atomic E-state index is 0.000389. The van der Waals surface area contributed by atoms with Gasteiger partial charge in [0.25, 0.3) is 0 Å². The van der Waals surface area contributed by atoms with Gasteiger partial charge >= 0.3 is 11.1 Å². The van der Waals surface area contributed by atoms with Crippen LogP contribution in [0.2, 0.25) is 0 Å². The molecule has 2 aromatic heterocycles. The van der Waals surface area contributed by atoms with Crippen molar-refractivity contribution in [2.24, 2.45) is 0 Å². The molecule has 1 aliphatic rings. The van der Waals surface area contributed by atoms with Crippen molar-refractivity contribution in [3.05, 3.63) is 52.5 Å². The van der Waals surface area contributed by atoms with Crippen molar-refractivity contribution in [3.8, 4) is 0 Å². The Hall–Kier alpha value is -1.66. The maximum Gasteiger partial charge on any atom is 0.328 e. The Kier molecular flexibility index (Phi) is 3.82. The van der Waals surface area contributed by atoms with Crippen LogP contribution in [-0.2, 0) is 9.54 Å². The van der Waals surface area contributed by atoms with Crippen LogP contribution in [0.3, 0.4) is 0 Å². The van der Waals surface area contributed by atoms with Gasteiger partial charge in [-0.25, -0.2) is 10.1 Å². The van der Waals surface area contributed by atoms with Gasteiger partial charge in [-0.3, -0.25) is 9.98 Å². The smallest absolute Gasteiger partial charge is 0.265 e. The molecular formula is C15H16N3OS2+. The first kappa shape index (κ1) is 14.3. The third kappa shape index (κ3) is 2.73. The zero-order valence-corrected chi connectivity index (χ0v) is 13.4. The Bertz CT molecular complexity index is 669. The Morgan fingerprint density at radius 1 is 1.33 bits per heavy atom. The molecule has 0 aromatic carbocycles. The molecule has 2 N–H and O–H groups in total. The number of hydrogen-bond donors (Lipinski definition) is 2. The minimum atomic E-state index is -0.611. The van der Waals surface area contributed by atoms with E-state index in [1.54, 1.807) is 23.7 Å². The second-order valence-corrected chi connectivity index (χ2v) is 7.44. The summed E-state index contributed by atoms with van der Waals surface area (Å²) in [4.78, 5) is 21.0. The lowest BCUT2D eigenvalue weighted by molar-refractivity contribution is -0.502. The number of thiophene rings is 1. The molecule has 1 fully saturated rings. The molecule has 108 valence electrons.